The molecule has 1 aromatic carbocycles. The molecule has 0 fully saturated rings. The lowest BCUT2D eigenvalue weighted by Gasteiger charge is -2.00. The molecule has 0 aliphatic rings. The summed E-state index contributed by atoms with van der Waals surface area (Å²) in [6.07, 6.45) is 2.01. The van der Waals surface area contributed by atoms with E-state index in [-0.39, 0.29) is 5.91 Å². The molecule has 0 bridgehead atoms. The number of nitrogens with zero attached hydrogens (tertiary/aromatic N) is 2. The van der Waals surface area contributed by atoms with E-state index in [1.807, 2.05) is 31.4 Å². The van der Waals surface area contributed by atoms with Crippen LogP contribution in [0.3, 0.4) is 0 Å². The second kappa shape index (κ2) is 7.65. The number of aryl methyl sites for hydroxylation is 1. The first kappa shape index (κ1) is 16.8. The molecule has 4 nitrogen and oxygen atoms in total. The van der Waals surface area contributed by atoms with Crippen LogP contribution in [-0.4, -0.2) is 27.9 Å². The van der Waals surface area contributed by atoms with Crippen molar-refractivity contribution in [1.82, 2.24) is 9.97 Å². The van der Waals surface area contributed by atoms with E-state index in [4.69, 9.17) is 0 Å². The number of rotatable bonds is 6. The molecule has 0 saturated heterocycles. The van der Waals surface area contributed by atoms with Gasteiger partial charge in [-0.3, -0.25) is 4.79 Å². The molecule has 3 aromatic rings. The van der Waals surface area contributed by atoms with Gasteiger partial charge in [0.25, 0.3) is 0 Å². The lowest BCUT2D eigenvalue weighted by molar-refractivity contribution is -0.113. The Morgan fingerprint density at radius 3 is 2.83 bits per heavy atom. The van der Waals surface area contributed by atoms with Gasteiger partial charge in [0.15, 0.2) is 5.13 Å². The molecule has 1 N–H and O–H groups in total. The first-order chi connectivity index (χ1) is 11.2. The monoisotopic (exact) mass is 381 g/mol. The van der Waals surface area contributed by atoms with Gasteiger partial charge in [0, 0.05) is 5.75 Å². The van der Waals surface area contributed by atoms with Crippen molar-refractivity contribution in [3.05, 3.63) is 35.0 Å². The van der Waals surface area contributed by atoms with E-state index in [2.05, 4.69) is 21.4 Å². The largest absolute Gasteiger partial charge is 0.301 e. The van der Waals surface area contributed by atoms with Gasteiger partial charge in [-0.1, -0.05) is 23.5 Å². The van der Waals surface area contributed by atoms with Gasteiger partial charge < -0.3 is 5.32 Å². The number of thiazole rings is 2. The smallest absolute Gasteiger partial charge is 0.236 e. The van der Waals surface area contributed by atoms with Crippen LogP contribution in [-0.2, 0) is 10.5 Å². The molecule has 0 aliphatic carbocycles. The highest BCUT2D eigenvalue weighted by Crippen LogP contribution is 2.30. The summed E-state index contributed by atoms with van der Waals surface area (Å²) >= 11 is 6.43. The van der Waals surface area contributed by atoms with Gasteiger partial charge in [-0.05, 0) is 25.3 Å². The quantitative estimate of drug-likeness (QED) is 0.630. The van der Waals surface area contributed by atoms with Crippen molar-refractivity contribution in [3.63, 3.8) is 0 Å². The molecular weight excluding hydrogens is 366 g/mol. The summed E-state index contributed by atoms with van der Waals surface area (Å²) < 4.78 is 2.33. The number of aromatic nitrogens is 2. The van der Waals surface area contributed by atoms with Crippen LogP contribution in [0.2, 0.25) is 0 Å². The second-order valence-corrected chi connectivity index (χ2v) is 8.89. The highest BCUT2D eigenvalue weighted by Gasteiger charge is 2.10. The van der Waals surface area contributed by atoms with Crippen LogP contribution < -0.4 is 5.32 Å². The maximum absolute atomic E-state index is 12.0. The summed E-state index contributed by atoms with van der Waals surface area (Å²) in [5.74, 6) is 1.14. The number of hydrogen-bond acceptors (Lipinski definition) is 7. The van der Waals surface area contributed by atoms with Gasteiger partial charge in [0.1, 0.15) is 5.01 Å². The van der Waals surface area contributed by atoms with Crippen LogP contribution in [0.25, 0.3) is 10.2 Å². The van der Waals surface area contributed by atoms with Crippen molar-refractivity contribution in [2.24, 2.45) is 0 Å². The maximum atomic E-state index is 12.0. The summed E-state index contributed by atoms with van der Waals surface area (Å²) in [5.41, 5.74) is 2.00. The van der Waals surface area contributed by atoms with Crippen molar-refractivity contribution in [3.8, 4) is 0 Å². The van der Waals surface area contributed by atoms with Gasteiger partial charge in [-0.25, -0.2) is 9.97 Å². The lowest BCUT2D eigenvalue weighted by Crippen LogP contribution is -2.13. The summed E-state index contributed by atoms with van der Waals surface area (Å²) in [5, 5.41) is 4.60. The van der Waals surface area contributed by atoms with Gasteiger partial charge in [0.05, 0.1) is 25.9 Å². The first-order valence-corrected chi connectivity index (χ1v) is 10.9. The fourth-order valence-electron chi connectivity index (χ4n) is 1.99. The minimum atomic E-state index is -0.0162. The van der Waals surface area contributed by atoms with Crippen LogP contribution >= 0.6 is 46.2 Å². The van der Waals surface area contributed by atoms with Crippen molar-refractivity contribution in [2.75, 3.05) is 17.3 Å². The van der Waals surface area contributed by atoms with Gasteiger partial charge in [0.2, 0.25) is 5.91 Å². The fourth-order valence-corrected chi connectivity index (χ4v) is 5.47. The molecule has 120 valence electrons. The average Bonchev–Trinajstić information content (AvgIpc) is 3.09. The van der Waals surface area contributed by atoms with Crippen LogP contribution in [0.4, 0.5) is 5.13 Å². The SMILES string of the molecule is CSc1sc(NC(=O)CSCc2nc3ccccc3s2)nc1C. The summed E-state index contributed by atoms with van der Waals surface area (Å²) in [7, 11) is 0. The summed E-state index contributed by atoms with van der Waals surface area (Å²) in [6.45, 7) is 1.96. The van der Waals surface area contributed by atoms with Gasteiger partial charge in [-0.15, -0.1) is 34.9 Å². The molecule has 1 amide bonds. The van der Waals surface area contributed by atoms with E-state index in [1.54, 1.807) is 34.9 Å². The fraction of sp³-hybridized carbons (Fsp3) is 0.267. The Kier molecular flexibility index (Phi) is 5.58. The van der Waals surface area contributed by atoms with E-state index < -0.39 is 0 Å². The number of thioether (sulfide) groups is 2. The Hall–Kier alpha value is -1.09. The topological polar surface area (TPSA) is 54.9 Å². The first-order valence-electron chi connectivity index (χ1n) is 6.89. The normalized spacial score (nSPS) is 11.0. The molecule has 2 heterocycles. The zero-order valence-corrected chi connectivity index (χ0v) is 15.9. The maximum Gasteiger partial charge on any atom is 0.236 e. The molecule has 23 heavy (non-hydrogen) atoms. The number of anilines is 1. The van der Waals surface area contributed by atoms with Gasteiger partial charge in [-0.2, -0.15) is 0 Å². The Labute approximate surface area is 151 Å². The van der Waals surface area contributed by atoms with Crippen LogP contribution in [0.15, 0.2) is 28.5 Å². The zero-order valence-electron chi connectivity index (χ0n) is 12.7. The predicted octanol–water partition coefficient (Wildman–Crippen LogP) is 4.66. The molecule has 0 atom stereocenters. The Bertz CT molecular complexity index is 794. The van der Waals surface area contributed by atoms with Crippen molar-refractivity contribution >= 4 is 67.5 Å². The minimum Gasteiger partial charge on any atom is -0.301 e. The highest BCUT2D eigenvalue weighted by atomic mass is 32.2. The average molecular weight is 382 g/mol. The van der Waals surface area contributed by atoms with Crippen molar-refractivity contribution in [2.45, 2.75) is 16.9 Å². The van der Waals surface area contributed by atoms with E-state index in [0.717, 1.165) is 26.2 Å². The highest BCUT2D eigenvalue weighted by molar-refractivity contribution is 8.00. The van der Waals surface area contributed by atoms with Crippen molar-refractivity contribution in [1.29, 1.82) is 0 Å². The van der Waals surface area contributed by atoms with E-state index in [9.17, 15) is 4.79 Å². The molecule has 3 rings (SSSR count). The number of benzene rings is 1. The third-order valence-electron chi connectivity index (χ3n) is 2.98. The lowest BCUT2D eigenvalue weighted by atomic mass is 10.3. The van der Waals surface area contributed by atoms with E-state index >= 15 is 0 Å². The number of fused-ring (bicyclic) bond motifs is 1. The number of para-hydroxylation sites is 1. The molecule has 0 unspecified atom stereocenters. The predicted molar refractivity (Wildman–Crippen MR) is 103 cm³/mol. The van der Waals surface area contributed by atoms with E-state index in [1.165, 1.54) is 16.0 Å². The Balaban J connectivity index is 1.50. The van der Waals surface area contributed by atoms with E-state index in [0.29, 0.717) is 10.9 Å². The standard InChI is InChI=1S/C15H15N3OS4/c1-9-14(20-2)23-15(16-9)18-12(19)7-21-8-13-17-10-5-3-4-6-11(10)22-13/h3-6H,7-8H2,1-2H3,(H,16,18,19). The molecule has 0 spiro atoms. The Morgan fingerprint density at radius 1 is 1.26 bits per heavy atom. The third-order valence-corrected chi connectivity index (χ3v) is 7.43. The Morgan fingerprint density at radius 2 is 2.09 bits per heavy atom. The van der Waals surface area contributed by atoms with Crippen LogP contribution in [0, 0.1) is 6.92 Å². The zero-order chi connectivity index (χ0) is 16.2. The number of hydrogen-bond donors (Lipinski definition) is 1. The van der Waals surface area contributed by atoms with Crippen molar-refractivity contribution < 1.29 is 4.79 Å². The summed E-state index contributed by atoms with van der Waals surface area (Å²) in [6, 6.07) is 8.10. The van der Waals surface area contributed by atoms with Gasteiger partial charge >= 0.3 is 0 Å². The molecular formula is C15H15N3OS4. The molecule has 8 heteroatoms. The van der Waals surface area contributed by atoms with Crippen LogP contribution in [0.1, 0.15) is 10.7 Å². The number of carbonyl (C=O) groups is 1. The number of carbonyl (C=O) groups excluding carboxylic acids is 1. The second-order valence-electron chi connectivity index (χ2n) is 4.71. The number of amides is 1. The third kappa shape index (κ3) is 4.26. The molecule has 0 aliphatic heterocycles. The minimum absolute atomic E-state index is 0.0162. The number of nitrogens with one attached hydrogen (secondary N) is 1. The molecule has 0 radical (unpaired) electrons. The molecule has 0 saturated carbocycles. The molecule has 2 aromatic heterocycles. The summed E-state index contributed by atoms with van der Waals surface area (Å²) in [4.78, 5) is 20.9. The van der Waals surface area contributed by atoms with Crippen LogP contribution in [0.5, 0.6) is 0 Å².